The number of hydrogen-bond donors (Lipinski definition) is 3. The maximum atomic E-state index is 11.4. The number of rotatable bonds is 3. The Bertz CT molecular complexity index is 850. The number of fused-ring (bicyclic) bond motifs is 1. The molecule has 3 N–H and O–H groups in total. The summed E-state index contributed by atoms with van der Waals surface area (Å²) in [6.07, 6.45) is 0. The van der Waals surface area contributed by atoms with Crippen molar-refractivity contribution in [2.45, 2.75) is 13.0 Å². The molecule has 0 aliphatic carbocycles. The second kappa shape index (κ2) is 5.50. The van der Waals surface area contributed by atoms with Crippen LogP contribution in [0.2, 0.25) is 0 Å². The first kappa shape index (κ1) is 14.1. The third kappa shape index (κ3) is 2.66. The van der Waals surface area contributed by atoms with Crippen LogP contribution in [0.5, 0.6) is 0 Å². The highest BCUT2D eigenvalue weighted by molar-refractivity contribution is 9.10. The second-order valence-electron chi connectivity index (χ2n) is 5.11. The Morgan fingerprint density at radius 1 is 1.10 bits per heavy atom. The van der Waals surface area contributed by atoms with Crippen LogP contribution >= 0.6 is 15.9 Å². The molecule has 1 atom stereocenters. The minimum absolute atomic E-state index is 0.0744. The lowest BCUT2D eigenvalue weighted by molar-refractivity contribution is 0.688. The molecule has 0 aliphatic heterocycles. The van der Waals surface area contributed by atoms with Gasteiger partial charge in [-0.05, 0) is 54.9 Å². The molecule has 1 aromatic heterocycles. The summed E-state index contributed by atoms with van der Waals surface area (Å²) in [7, 11) is 1.94. The number of imidazole rings is 1. The highest BCUT2D eigenvalue weighted by Gasteiger charge is 2.15. The van der Waals surface area contributed by atoms with Crippen LogP contribution < -0.4 is 11.0 Å². The molecule has 0 amide bonds. The Morgan fingerprint density at radius 2 is 1.86 bits per heavy atom. The third-order valence-electron chi connectivity index (χ3n) is 3.71. The lowest BCUT2D eigenvalue weighted by atomic mass is 9.95. The number of aromatic nitrogens is 2. The summed E-state index contributed by atoms with van der Waals surface area (Å²) in [6.45, 7) is 2.10. The Labute approximate surface area is 130 Å². The maximum absolute atomic E-state index is 11.4. The first-order valence-corrected chi connectivity index (χ1v) is 7.53. The van der Waals surface area contributed by atoms with E-state index in [2.05, 4.69) is 50.3 Å². The van der Waals surface area contributed by atoms with Crippen molar-refractivity contribution in [1.82, 2.24) is 15.3 Å². The highest BCUT2D eigenvalue weighted by atomic mass is 79.9. The van der Waals surface area contributed by atoms with Crippen LogP contribution in [-0.4, -0.2) is 17.0 Å². The second-order valence-corrected chi connectivity index (χ2v) is 6.02. The van der Waals surface area contributed by atoms with E-state index in [4.69, 9.17) is 0 Å². The van der Waals surface area contributed by atoms with E-state index in [1.807, 2.05) is 31.3 Å². The van der Waals surface area contributed by atoms with Crippen molar-refractivity contribution in [3.63, 3.8) is 0 Å². The third-order valence-corrected chi connectivity index (χ3v) is 4.21. The number of H-pyrrole nitrogens is 2. The SMILES string of the molecule is CNC(c1ccc2[nH]c(=O)[nH]c2c1)c1cc(Br)ccc1C. The average molecular weight is 346 g/mol. The smallest absolute Gasteiger partial charge is 0.309 e. The zero-order valence-electron chi connectivity index (χ0n) is 11.8. The summed E-state index contributed by atoms with van der Waals surface area (Å²) in [5.41, 5.74) is 5.02. The number of benzene rings is 2. The van der Waals surface area contributed by atoms with E-state index in [-0.39, 0.29) is 11.7 Å². The molecule has 1 heterocycles. The van der Waals surface area contributed by atoms with Crippen LogP contribution in [0, 0.1) is 6.92 Å². The maximum Gasteiger partial charge on any atom is 0.323 e. The molecule has 5 heteroatoms. The van der Waals surface area contributed by atoms with E-state index in [0.29, 0.717) is 0 Å². The zero-order valence-corrected chi connectivity index (χ0v) is 13.4. The van der Waals surface area contributed by atoms with Crippen molar-refractivity contribution >= 4 is 27.0 Å². The van der Waals surface area contributed by atoms with E-state index in [1.54, 1.807) is 0 Å². The summed E-state index contributed by atoms with van der Waals surface area (Å²) in [6, 6.07) is 12.3. The summed E-state index contributed by atoms with van der Waals surface area (Å²) in [5.74, 6) is 0. The van der Waals surface area contributed by atoms with E-state index in [9.17, 15) is 4.79 Å². The number of hydrogen-bond acceptors (Lipinski definition) is 2. The molecule has 4 nitrogen and oxygen atoms in total. The molecule has 0 fully saturated rings. The average Bonchev–Trinajstić information content (AvgIpc) is 2.83. The number of aromatic amines is 2. The molecule has 21 heavy (non-hydrogen) atoms. The van der Waals surface area contributed by atoms with Gasteiger partial charge in [0.1, 0.15) is 0 Å². The van der Waals surface area contributed by atoms with Gasteiger partial charge >= 0.3 is 5.69 Å². The Hall–Kier alpha value is -1.85. The molecular formula is C16H16BrN3O. The van der Waals surface area contributed by atoms with E-state index in [0.717, 1.165) is 21.1 Å². The molecule has 0 saturated carbocycles. The fraction of sp³-hybridized carbons (Fsp3) is 0.188. The largest absolute Gasteiger partial charge is 0.323 e. The molecule has 0 aliphatic rings. The van der Waals surface area contributed by atoms with Crippen LogP contribution in [0.3, 0.4) is 0 Å². The van der Waals surface area contributed by atoms with Crippen LogP contribution in [-0.2, 0) is 0 Å². The summed E-state index contributed by atoms with van der Waals surface area (Å²) >= 11 is 3.53. The van der Waals surface area contributed by atoms with Gasteiger partial charge in [0.15, 0.2) is 0 Å². The topological polar surface area (TPSA) is 60.7 Å². The van der Waals surface area contributed by atoms with Crippen molar-refractivity contribution in [2.24, 2.45) is 0 Å². The molecule has 0 saturated heterocycles. The molecule has 0 spiro atoms. The van der Waals surface area contributed by atoms with Crippen LogP contribution in [0.15, 0.2) is 45.7 Å². The van der Waals surface area contributed by atoms with Crippen LogP contribution in [0.4, 0.5) is 0 Å². The van der Waals surface area contributed by atoms with Gasteiger partial charge in [-0.25, -0.2) is 4.79 Å². The predicted molar refractivity (Wildman–Crippen MR) is 88.7 cm³/mol. The van der Waals surface area contributed by atoms with Crippen LogP contribution in [0.1, 0.15) is 22.7 Å². The van der Waals surface area contributed by atoms with Gasteiger partial charge in [0.05, 0.1) is 17.1 Å². The number of halogens is 1. The lowest BCUT2D eigenvalue weighted by Gasteiger charge is -2.20. The molecule has 0 radical (unpaired) electrons. The fourth-order valence-electron chi connectivity index (χ4n) is 2.65. The number of aryl methyl sites for hydroxylation is 1. The van der Waals surface area contributed by atoms with Crippen molar-refractivity contribution in [3.05, 3.63) is 68.0 Å². The van der Waals surface area contributed by atoms with Crippen molar-refractivity contribution in [2.75, 3.05) is 7.05 Å². The molecule has 0 bridgehead atoms. The molecule has 2 aromatic carbocycles. The summed E-state index contributed by atoms with van der Waals surface area (Å²) in [5, 5.41) is 3.35. The molecular weight excluding hydrogens is 330 g/mol. The zero-order chi connectivity index (χ0) is 15.0. The van der Waals surface area contributed by atoms with Gasteiger partial charge in [-0.2, -0.15) is 0 Å². The highest BCUT2D eigenvalue weighted by Crippen LogP contribution is 2.28. The van der Waals surface area contributed by atoms with Gasteiger partial charge in [0.25, 0.3) is 0 Å². The van der Waals surface area contributed by atoms with Crippen molar-refractivity contribution < 1.29 is 0 Å². The lowest BCUT2D eigenvalue weighted by Crippen LogP contribution is -2.18. The molecule has 108 valence electrons. The fourth-order valence-corrected chi connectivity index (χ4v) is 3.03. The standard InChI is InChI=1S/C16H16BrN3O/c1-9-3-5-11(17)8-12(9)15(18-2)10-4-6-13-14(7-10)20-16(21)19-13/h3-8,15,18H,1-2H3,(H2,19,20,21). The monoisotopic (exact) mass is 345 g/mol. The Balaban J connectivity index is 2.12. The Kier molecular flexibility index (Phi) is 3.69. The van der Waals surface area contributed by atoms with Crippen LogP contribution in [0.25, 0.3) is 11.0 Å². The van der Waals surface area contributed by atoms with Gasteiger partial charge in [0, 0.05) is 4.47 Å². The van der Waals surface area contributed by atoms with Gasteiger partial charge < -0.3 is 15.3 Å². The van der Waals surface area contributed by atoms with Crippen molar-refractivity contribution in [3.8, 4) is 0 Å². The molecule has 3 rings (SSSR count). The minimum Gasteiger partial charge on any atom is -0.309 e. The molecule has 1 unspecified atom stereocenters. The van der Waals surface area contributed by atoms with Gasteiger partial charge in [-0.3, -0.25) is 0 Å². The molecule has 3 aromatic rings. The van der Waals surface area contributed by atoms with Gasteiger partial charge in [-0.1, -0.05) is 28.1 Å². The van der Waals surface area contributed by atoms with E-state index in [1.165, 1.54) is 11.1 Å². The quantitative estimate of drug-likeness (QED) is 0.682. The van der Waals surface area contributed by atoms with Crippen molar-refractivity contribution in [1.29, 1.82) is 0 Å². The van der Waals surface area contributed by atoms with E-state index < -0.39 is 0 Å². The summed E-state index contributed by atoms with van der Waals surface area (Å²) < 4.78 is 1.06. The first-order valence-electron chi connectivity index (χ1n) is 6.74. The normalized spacial score (nSPS) is 12.7. The summed E-state index contributed by atoms with van der Waals surface area (Å²) in [4.78, 5) is 16.9. The predicted octanol–water partition coefficient (Wildman–Crippen LogP) is 3.24. The first-order chi connectivity index (χ1) is 10.1. The Morgan fingerprint density at radius 3 is 2.62 bits per heavy atom. The minimum atomic E-state index is -0.179. The van der Waals surface area contributed by atoms with E-state index >= 15 is 0 Å². The van der Waals surface area contributed by atoms with Gasteiger partial charge in [-0.15, -0.1) is 0 Å². The number of nitrogens with one attached hydrogen (secondary N) is 3. The van der Waals surface area contributed by atoms with Gasteiger partial charge in [0.2, 0.25) is 0 Å².